The molecule has 0 spiro atoms. The largest absolute Gasteiger partial charge is 0.496 e. The van der Waals surface area contributed by atoms with E-state index in [0.717, 1.165) is 80.1 Å². The van der Waals surface area contributed by atoms with Crippen LogP contribution in [0.15, 0.2) is 12.1 Å². The molecule has 0 radical (unpaired) electrons. The lowest BCUT2D eigenvalue weighted by Gasteiger charge is -2.32. The van der Waals surface area contributed by atoms with Gasteiger partial charge >= 0.3 is 6.18 Å². The van der Waals surface area contributed by atoms with Crippen LogP contribution in [0.4, 0.5) is 18.9 Å². The van der Waals surface area contributed by atoms with E-state index in [-0.39, 0.29) is 5.75 Å². The van der Waals surface area contributed by atoms with Gasteiger partial charge in [-0.1, -0.05) is 6.92 Å². The van der Waals surface area contributed by atoms with Gasteiger partial charge in [-0.05, 0) is 56.3 Å². The van der Waals surface area contributed by atoms with Gasteiger partial charge in [-0.3, -0.25) is 4.98 Å². The smallest absolute Gasteiger partial charge is 0.420 e. The first kappa shape index (κ1) is 19.3. The number of piperidine rings is 1. The first-order valence-electron chi connectivity index (χ1n) is 10.00. The highest BCUT2D eigenvalue weighted by Crippen LogP contribution is 2.42. The van der Waals surface area contributed by atoms with Crippen molar-refractivity contribution in [3.8, 4) is 5.75 Å². The SMILES string of the molecule is CCN1CCC(Nc2c3c(nc4cc(C(F)(F)F)c(OC)cc24)CCC3)CC1. The summed E-state index contributed by atoms with van der Waals surface area (Å²) >= 11 is 0. The molecule has 1 aromatic carbocycles. The number of nitrogens with zero attached hydrogens (tertiary/aromatic N) is 2. The molecule has 0 amide bonds. The Morgan fingerprint density at radius 3 is 2.61 bits per heavy atom. The van der Waals surface area contributed by atoms with Gasteiger partial charge in [0, 0.05) is 35.9 Å². The summed E-state index contributed by atoms with van der Waals surface area (Å²) in [4.78, 5) is 7.00. The Labute approximate surface area is 163 Å². The maximum atomic E-state index is 13.5. The molecular formula is C21H26F3N3O. The molecule has 1 fully saturated rings. The van der Waals surface area contributed by atoms with E-state index in [1.54, 1.807) is 0 Å². The van der Waals surface area contributed by atoms with E-state index in [4.69, 9.17) is 4.74 Å². The predicted molar refractivity (Wildman–Crippen MR) is 104 cm³/mol. The van der Waals surface area contributed by atoms with Crippen molar-refractivity contribution in [2.75, 3.05) is 32.1 Å². The first-order valence-corrected chi connectivity index (χ1v) is 10.00. The third kappa shape index (κ3) is 3.52. The van der Waals surface area contributed by atoms with E-state index >= 15 is 0 Å². The second-order valence-corrected chi connectivity index (χ2v) is 7.69. The van der Waals surface area contributed by atoms with Gasteiger partial charge in [0.2, 0.25) is 0 Å². The van der Waals surface area contributed by atoms with E-state index in [0.29, 0.717) is 11.6 Å². The number of nitrogens with one attached hydrogen (secondary N) is 1. The zero-order valence-electron chi connectivity index (χ0n) is 16.3. The van der Waals surface area contributed by atoms with Crippen LogP contribution in [-0.4, -0.2) is 42.7 Å². The molecule has 0 saturated carbocycles. The lowest BCUT2D eigenvalue weighted by Crippen LogP contribution is -2.39. The summed E-state index contributed by atoms with van der Waals surface area (Å²) in [5.74, 6) is -0.149. The molecule has 0 bridgehead atoms. The number of benzene rings is 1. The summed E-state index contributed by atoms with van der Waals surface area (Å²) in [6, 6.07) is 2.97. The van der Waals surface area contributed by atoms with Gasteiger partial charge in [0.25, 0.3) is 0 Å². The van der Waals surface area contributed by atoms with E-state index in [2.05, 4.69) is 22.1 Å². The van der Waals surface area contributed by atoms with Crippen molar-refractivity contribution >= 4 is 16.6 Å². The fourth-order valence-corrected chi connectivity index (χ4v) is 4.44. The lowest BCUT2D eigenvalue weighted by atomic mass is 10.00. The second kappa shape index (κ2) is 7.43. The third-order valence-electron chi connectivity index (χ3n) is 6.02. The van der Waals surface area contributed by atoms with Gasteiger partial charge in [0.1, 0.15) is 5.75 Å². The summed E-state index contributed by atoms with van der Waals surface area (Å²) in [5.41, 5.74) is 2.67. The van der Waals surface area contributed by atoms with Gasteiger partial charge in [-0.2, -0.15) is 13.2 Å². The first-order chi connectivity index (χ1) is 13.4. The zero-order valence-corrected chi connectivity index (χ0v) is 16.3. The molecular weight excluding hydrogens is 367 g/mol. The number of aryl methyl sites for hydroxylation is 1. The molecule has 1 N–H and O–H groups in total. The third-order valence-corrected chi connectivity index (χ3v) is 6.02. The molecule has 2 aliphatic rings. The number of anilines is 1. The number of aromatic nitrogens is 1. The van der Waals surface area contributed by atoms with Crippen LogP contribution in [0.5, 0.6) is 5.75 Å². The standard InChI is InChI=1S/C21H26F3N3O/c1-3-27-9-7-13(8-10-27)25-20-14-5-4-6-17(14)26-18-12-16(21(22,23)24)19(28-2)11-15(18)20/h11-13H,3-10H2,1-2H3,(H,25,26). The number of pyridine rings is 1. The summed E-state index contributed by atoms with van der Waals surface area (Å²) in [5, 5.41) is 4.40. The predicted octanol–water partition coefficient (Wildman–Crippen LogP) is 4.65. The van der Waals surface area contributed by atoms with E-state index in [9.17, 15) is 13.2 Å². The molecule has 2 heterocycles. The van der Waals surface area contributed by atoms with Crippen LogP contribution in [-0.2, 0) is 19.0 Å². The van der Waals surface area contributed by atoms with Crippen LogP contribution >= 0.6 is 0 Å². The van der Waals surface area contributed by atoms with Crippen LogP contribution in [0.2, 0.25) is 0 Å². The van der Waals surface area contributed by atoms with Gasteiger partial charge in [0.15, 0.2) is 0 Å². The number of rotatable bonds is 4. The monoisotopic (exact) mass is 393 g/mol. The van der Waals surface area contributed by atoms with Gasteiger partial charge in [-0.25, -0.2) is 0 Å². The molecule has 1 aromatic heterocycles. The number of alkyl halides is 3. The van der Waals surface area contributed by atoms with E-state index in [1.807, 2.05) is 0 Å². The molecule has 0 unspecified atom stereocenters. The van der Waals surface area contributed by atoms with Gasteiger partial charge < -0.3 is 15.0 Å². The fraction of sp³-hybridized carbons (Fsp3) is 0.571. The average molecular weight is 393 g/mol. The minimum absolute atomic E-state index is 0.149. The minimum Gasteiger partial charge on any atom is -0.496 e. The summed E-state index contributed by atoms with van der Waals surface area (Å²) in [6.07, 6.45) is 0.319. The van der Waals surface area contributed by atoms with Gasteiger partial charge in [0.05, 0.1) is 18.2 Å². The molecule has 1 aliphatic heterocycles. The number of hydrogen-bond acceptors (Lipinski definition) is 4. The Kier molecular flexibility index (Phi) is 5.12. The number of likely N-dealkylation sites (tertiary alicyclic amines) is 1. The summed E-state index contributed by atoms with van der Waals surface area (Å²) in [7, 11) is 1.28. The van der Waals surface area contributed by atoms with Crippen molar-refractivity contribution in [3.63, 3.8) is 0 Å². The van der Waals surface area contributed by atoms with Crippen molar-refractivity contribution < 1.29 is 17.9 Å². The van der Waals surface area contributed by atoms with Crippen LogP contribution in [0.1, 0.15) is 43.0 Å². The fourth-order valence-electron chi connectivity index (χ4n) is 4.44. The normalized spacial score (nSPS) is 18.5. The number of fused-ring (bicyclic) bond motifs is 2. The summed E-state index contributed by atoms with van der Waals surface area (Å²) in [6.45, 7) is 5.31. The molecule has 0 atom stereocenters. The van der Waals surface area contributed by atoms with Crippen LogP contribution in [0.3, 0.4) is 0 Å². The maximum Gasteiger partial charge on any atom is 0.420 e. The molecule has 4 rings (SSSR count). The topological polar surface area (TPSA) is 37.4 Å². The molecule has 1 saturated heterocycles. The van der Waals surface area contributed by atoms with E-state index in [1.165, 1.54) is 13.2 Å². The molecule has 1 aliphatic carbocycles. The van der Waals surface area contributed by atoms with Crippen molar-refractivity contribution in [1.82, 2.24) is 9.88 Å². The highest BCUT2D eigenvalue weighted by atomic mass is 19.4. The Morgan fingerprint density at radius 2 is 1.96 bits per heavy atom. The average Bonchev–Trinajstić information content (AvgIpc) is 3.15. The van der Waals surface area contributed by atoms with Crippen LogP contribution < -0.4 is 10.1 Å². The molecule has 4 nitrogen and oxygen atoms in total. The molecule has 7 heteroatoms. The number of ether oxygens (including phenoxy) is 1. The lowest BCUT2D eigenvalue weighted by molar-refractivity contribution is -0.138. The van der Waals surface area contributed by atoms with Crippen molar-refractivity contribution in [2.45, 2.75) is 51.2 Å². The van der Waals surface area contributed by atoms with Crippen LogP contribution in [0.25, 0.3) is 10.9 Å². The Bertz CT molecular complexity index is 874. The molecule has 28 heavy (non-hydrogen) atoms. The second-order valence-electron chi connectivity index (χ2n) is 7.69. The maximum absolute atomic E-state index is 13.5. The number of halogens is 3. The van der Waals surface area contributed by atoms with E-state index < -0.39 is 11.7 Å². The van der Waals surface area contributed by atoms with Crippen LogP contribution in [0, 0.1) is 0 Å². The Hall–Kier alpha value is -2.02. The highest BCUT2D eigenvalue weighted by molar-refractivity contribution is 5.95. The molecule has 152 valence electrons. The number of methoxy groups -OCH3 is 1. The Balaban J connectivity index is 1.78. The number of hydrogen-bond donors (Lipinski definition) is 1. The van der Waals surface area contributed by atoms with Crippen molar-refractivity contribution in [2.24, 2.45) is 0 Å². The van der Waals surface area contributed by atoms with Crippen molar-refractivity contribution in [3.05, 3.63) is 29.0 Å². The Morgan fingerprint density at radius 1 is 1.21 bits per heavy atom. The zero-order chi connectivity index (χ0) is 19.9. The van der Waals surface area contributed by atoms with Crippen molar-refractivity contribution in [1.29, 1.82) is 0 Å². The minimum atomic E-state index is -4.47. The molecule has 2 aromatic rings. The van der Waals surface area contributed by atoms with Gasteiger partial charge in [-0.15, -0.1) is 0 Å². The highest BCUT2D eigenvalue weighted by Gasteiger charge is 2.35. The quantitative estimate of drug-likeness (QED) is 0.821. The summed E-state index contributed by atoms with van der Waals surface area (Å²) < 4.78 is 45.4.